The first-order valence-electron chi connectivity index (χ1n) is 4.68. The van der Waals surface area contributed by atoms with Gasteiger partial charge in [-0.3, -0.25) is 4.79 Å². The lowest BCUT2D eigenvalue weighted by molar-refractivity contribution is 0.667. The molecule has 1 aromatic heterocycles. The summed E-state index contributed by atoms with van der Waals surface area (Å²) in [4.78, 5) is 17.9. The molecule has 78 valence electrons. The molecule has 14 heavy (non-hydrogen) atoms. The zero-order valence-corrected chi connectivity index (χ0v) is 10.5. The van der Waals surface area contributed by atoms with E-state index < -0.39 is 0 Å². The third-order valence-corrected chi connectivity index (χ3v) is 3.12. The fourth-order valence-corrected chi connectivity index (χ4v) is 1.62. The molecule has 0 atom stereocenters. The van der Waals surface area contributed by atoms with Crippen molar-refractivity contribution >= 4 is 28.4 Å². The molecular weight excluding hydrogens is 293 g/mol. The molecule has 0 fully saturated rings. The van der Waals surface area contributed by atoms with E-state index in [9.17, 15) is 4.79 Å². The Morgan fingerprint density at radius 3 is 2.79 bits per heavy atom. The molecule has 0 unspecified atom stereocenters. The summed E-state index contributed by atoms with van der Waals surface area (Å²) in [6.07, 6.45) is 3.48. The summed E-state index contributed by atoms with van der Waals surface area (Å²) in [6, 6.07) is 0.387. The van der Waals surface area contributed by atoms with Crippen LogP contribution in [-0.4, -0.2) is 16.0 Å². The van der Waals surface area contributed by atoms with Crippen LogP contribution in [0.3, 0.4) is 0 Å². The fraction of sp³-hybridized carbons (Fsp3) is 0.556. The van der Waals surface area contributed by atoms with Crippen molar-refractivity contribution in [1.82, 2.24) is 9.97 Å². The van der Waals surface area contributed by atoms with E-state index in [1.807, 2.05) is 22.6 Å². The smallest absolute Gasteiger partial charge is 0.266 e. The molecular formula is C9H14IN3O. The highest BCUT2D eigenvalue weighted by molar-refractivity contribution is 14.1. The number of nitrogens with zero attached hydrogens (tertiary/aromatic N) is 1. The van der Waals surface area contributed by atoms with Gasteiger partial charge in [-0.1, -0.05) is 13.8 Å². The summed E-state index contributed by atoms with van der Waals surface area (Å²) in [7, 11) is 0. The van der Waals surface area contributed by atoms with E-state index in [1.54, 1.807) is 0 Å². The van der Waals surface area contributed by atoms with Gasteiger partial charge < -0.3 is 10.3 Å². The molecule has 0 bridgehead atoms. The van der Waals surface area contributed by atoms with Crippen LogP contribution < -0.4 is 10.9 Å². The number of hydrogen-bond donors (Lipinski definition) is 2. The summed E-state index contributed by atoms with van der Waals surface area (Å²) in [5.74, 6) is 0.683. The van der Waals surface area contributed by atoms with Crippen molar-refractivity contribution < 1.29 is 0 Å². The number of halogens is 1. The van der Waals surface area contributed by atoms with E-state index in [0.29, 0.717) is 15.4 Å². The molecule has 0 radical (unpaired) electrons. The number of rotatable bonds is 4. The number of anilines is 1. The average molecular weight is 307 g/mol. The van der Waals surface area contributed by atoms with E-state index in [-0.39, 0.29) is 5.56 Å². The number of aromatic nitrogens is 2. The lowest BCUT2D eigenvalue weighted by Crippen LogP contribution is -2.22. The minimum absolute atomic E-state index is 0.0888. The number of nitrogens with one attached hydrogen (secondary N) is 2. The molecule has 0 aliphatic heterocycles. The van der Waals surface area contributed by atoms with Crippen LogP contribution in [0.2, 0.25) is 0 Å². The quantitative estimate of drug-likeness (QED) is 0.836. The molecule has 5 heteroatoms. The summed E-state index contributed by atoms with van der Waals surface area (Å²) in [6.45, 7) is 4.22. The lowest BCUT2D eigenvalue weighted by Gasteiger charge is -2.15. The number of hydrogen-bond acceptors (Lipinski definition) is 3. The van der Waals surface area contributed by atoms with Gasteiger partial charge in [0.25, 0.3) is 5.56 Å². The summed E-state index contributed by atoms with van der Waals surface area (Å²) >= 11 is 2.00. The van der Waals surface area contributed by atoms with Crippen LogP contribution in [0, 0.1) is 3.57 Å². The standard InChI is InChI=1S/C9H14IN3O/c1-3-6(4-2)13-8-7(10)9(14)12-5-11-8/h5-6H,3-4H2,1-2H3,(H2,11,12,13,14). The summed E-state index contributed by atoms with van der Waals surface area (Å²) < 4.78 is 0.622. The van der Waals surface area contributed by atoms with Crippen LogP contribution in [0.25, 0.3) is 0 Å². The largest absolute Gasteiger partial charge is 0.366 e. The van der Waals surface area contributed by atoms with Crippen molar-refractivity contribution in [2.24, 2.45) is 0 Å². The molecule has 0 saturated heterocycles. The van der Waals surface area contributed by atoms with Gasteiger partial charge in [-0.05, 0) is 35.4 Å². The lowest BCUT2D eigenvalue weighted by atomic mass is 10.2. The molecule has 4 nitrogen and oxygen atoms in total. The first kappa shape index (κ1) is 11.5. The molecule has 1 aromatic rings. The molecule has 2 N–H and O–H groups in total. The van der Waals surface area contributed by atoms with Gasteiger partial charge in [0.2, 0.25) is 0 Å². The van der Waals surface area contributed by atoms with Gasteiger partial charge >= 0.3 is 0 Å². The second kappa shape index (κ2) is 5.33. The van der Waals surface area contributed by atoms with E-state index in [0.717, 1.165) is 12.8 Å². The van der Waals surface area contributed by atoms with Crippen LogP contribution in [0.1, 0.15) is 26.7 Å². The second-order valence-electron chi connectivity index (χ2n) is 3.05. The summed E-state index contributed by atoms with van der Waals surface area (Å²) in [5.41, 5.74) is -0.0888. The Kier molecular flexibility index (Phi) is 4.37. The van der Waals surface area contributed by atoms with Gasteiger partial charge in [0.1, 0.15) is 9.39 Å². The molecule has 0 saturated carbocycles. The van der Waals surface area contributed by atoms with Crippen LogP contribution in [0.15, 0.2) is 11.1 Å². The maximum Gasteiger partial charge on any atom is 0.266 e. The van der Waals surface area contributed by atoms with Crippen molar-refractivity contribution in [2.45, 2.75) is 32.7 Å². The van der Waals surface area contributed by atoms with Crippen LogP contribution >= 0.6 is 22.6 Å². The van der Waals surface area contributed by atoms with Gasteiger partial charge in [0.15, 0.2) is 0 Å². The normalized spacial score (nSPS) is 10.6. The SMILES string of the molecule is CCC(CC)Nc1nc[nH]c(=O)c1I. The third kappa shape index (κ3) is 2.70. The second-order valence-corrected chi connectivity index (χ2v) is 4.13. The highest BCUT2D eigenvalue weighted by atomic mass is 127. The fourth-order valence-electron chi connectivity index (χ4n) is 1.17. The van der Waals surface area contributed by atoms with Crippen LogP contribution in [0.5, 0.6) is 0 Å². The van der Waals surface area contributed by atoms with Crippen LogP contribution in [0.4, 0.5) is 5.82 Å². The van der Waals surface area contributed by atoms with Crippen molar-refractivity contribution in [3.05, 3.63) is 20.3 Å². The Labute approximate surface area is 96.7 Å². The van der Waals surface area contributed by atoms with Gasteiger partial charge in [-0.15, -0.1) is 0 Å². The minimum atomic E-state index is -0.0888. The number of H-pyrrole nitrogens is 1. The van der Waals surface area contributed by atoms with Crippen molar-refractivity contribution in [2.75, 3.05) is 5.32 Å². The van der Waals surface area contributed by atoms with Crippen molar-refractivity contribution in [3.63, 3.8) is 0 Å². The first-order chi connectivity index (χ1) is 6.69. The molecule has 0 aromatic carbocycles. The predicted octanol–water partition coefficient (Wildman–Crippen LogP) is 1.97. The predicted molar refractivity (Wildman–Crippen MR) is 65.6 cm³/mol. The van der Waals surface area contributed by atoms with Gasteiger partial charge in [-0.25, -0.2) is 4.98 Å². The first-order valence-corrected chi connectivity index (χ1v) is 5.76. The van der Waals surface area contributed by atoms with E-state index in [4.69, 9.17) is 0 Å². The third-order valence-electron chi connectivity index (χ3n) is 2.12. The number of aromatic amines is 1. The zero-order chi connectivity index (χ0) is 10.6. The summed E-state index contributed by atoms with van der Waals surface area (Å²) in [5, 5.41) is 3.25. The van der Waals surface area contributed by atoms with E-state index >= 15 is 0 Å². The molecule has 0 aliphatic rings. The van der Waals surface area contributed by atoms with Crippen molar-refractivity contribution in [3.8, 4) is 0 Å². The maximum absolute atomic E-state index is 11.3. The molecule has 0 aliphatic carbocycles. The molecule has 1 heterocycles. The highest BCUT2D eigenvalue weighted by Crippen LogP contribution is 2.12. The van der Waals surface area contributed by atoms with Crippen molar-refractivity contribution in [1.29, 1.82) is 0 Å². The molecule has 0 spiro atoms. The van der Waals surface area contributed by atoms with Gasteiger partial charge in [0, 0.05) is 6.04 Å². The Hall–Kier alpha value is -0.590. The van der Waals surface area contributed by atoms with E-state index in [2.05, 4.69) is 29.1 Å². The topological polar surface area (TPSA) is 57.8 Å². The highest BCUT2D eigenvalue weighted by Gasteiger charge is 2.08. The molecule has 0 amide bonds. The minimum Gasteiger partial charge on any atom is -0.366 e. The molecule has 1 rings (SSSR count). The Morgan fingerprint density at radius 1 is 1.57 bits per heavy atom. The van der Waals surface area contributed by atoms with Gasteiger partial charge in [0.05, 0.1) is 6.33 Å². The van der Waals surface area contributed by atoms with Gasteiger partial charge in [-0.2, -0.15) is 0 Å². The Bertz CT molecular complexity index is 346. The Balaban J connectivity index is 2.86. The zero-order valence-electron chi connectivity index (χ0n) is 8.30. The maximum atomic E-state index is 11.3. The van der Waals surface area contributed by atoms with E-state index in [1.165, 1.54) is 6.33 Å². The average Bonchev–Trinajstić information content (AvgIpc) is 2.20. The van der Waals surface area contributed by atoms with Crippen LogP contribution in [-0.2, 0) is 0 Å². The monoisotopic (exact) mass is 307 g/mol. The Morgan fingerprint density at radius 2 is 2.21 bits per heavy atom.